The molecule has 17 heavy (non-hydrogen) atoms. The maximum absolute atomic E-state index is 5.83. The predicted molar refractivity (Wildman–Crippen MR) is 62.8 cm³/mol. The summed E-state index contributed by atoms with van der Waals surface area (Å²) in [5, 5.41) is 9.09. The van der Waals surface area contributed by atoms with Crippen molar-refractivity contribution in [1.29, 1.82) is 0 Å². The third-order valence-corrected chi connectivity index (χ3v) is 3.08. The summed E-state index contributed by atoms with van der Waals surface area (Å²) in [6, 6.07) is 0. The van der Waals surface area contributed by atoms with E-state index in [0.29, 0.717) is 10.7 Å². The van der Waals surface area contributed by atoms with E-state index in [-0.39, 0.29) is 5.28 Å². The summed E-state index contributed by atoms with van der Waals surface area (Å²) in [6.07, 6.45) is 6.55. The molecule has 1 N–H and O–H groups in total. The number of aromatic amines is 1. The van der Waals surface area contributed by atoms with Crippen molar-refractivity contribution in [3.05, 3.63) is 30.1 Å². The van der Waals surface area contributed by atoms with E-state index in [9.17, 15) is 0 Å². The van der Waals surface area contributed by atoms with Crippen molar-refractivity contribution in [2.75, 3.05) is 0 Å². The number of halogens is 1. The molecule has 0 bridgehead atoms. The molecule has 0 fully saturated rings. The first-order valence-corrected chi connectivity index (χ1v) is 5.83. The highest BCUT2D eigenvalue weighted by molar-refractivity contribution is 7.99. The molecule has 0 saturated carbocycles. The van der Waals surface area contributed by atoms with Crippen LogP contribution in [0, 0.1) is 0 Å². The third kappa shape index (κ3) is 2.06. The molecule has 0 aliphatic rings. The number of hydrogen-bond acceptors (Lipinski definition) is 6. The van der Waals surface area contributed by atoms with E-state index in [0.717, 1.165) is 10.4 Å². The van der Waals surface area contributed by atoms with Crippen molar-refractivity contribution in [3.63, 3.8) is 0 Å². The number of fused-ring (bicyclic) bond motifs is 1. The Balaban J connectivity index is 2.08. The molecule has 0 atom stereocenters. The van der Waals surface area contributed by atoms with Crippen LogP contribution in [-0.2, 0) is 0 Å². The van der Waals surface area contributed by atoms with Crippen molar-refractivity contribution in [3.8, 4) is 0 Å². The van der Waals surface area contributed by atoms with Gasteiger partial charge in [0.05, 0.1) is 17.8 Å². The number of hydrogen-bond donors (Lipinski definition) is 1. The summed E-state index contributed by atoms with van der Waals surface area (Å²) in [4.78, 5) is 16.3. The molecular formula is C9H5ClN6S. The van der Waals surface area contributed by atoms with E-state index >= 15 is 0 Å². The topological polar surface area (TPSA) is 80.2 Å². The Morgan fingerprint density at radius 1 is 1.18 bits per heavy atom. The van der Waals surface area contributed by atoms with Crippen LogP contribution in [-0.4, -0.2) is 30.1 Å². The van der Waals surface area contributed by atoms with Crippen LogP contribution in [0.5, 0.6) is 0 Å². The van der Waals surface area contributed by atoms with Gasteiger partial charge < -0.3 is 0 Å². The largest absolute Gasteiger partial charge is 0.261 e. The van der Waals surface area contributed by atoms with Gasteiger partial charge in [0.25, 0.3) is 0 Å². The van der Waals surface area contributed by atoms with Gasteiger partial charge in [-0.05, 0) is 23.4 Å². The zero-order chi connectivity index (χ0) is 11.7. The smallest absolute Gasteiger partial charge is 0.225 e. The van der Waals surface area contributed by atoms with Crippen LogP contribution in [0.1, 0.15) is 0 Å². The van der Waals surface area contributed by atoms with E-state index in [2.05, 4.69) is 30.1 Å². The monoisotopic (exact) mass is 264 g/mol. The quantitative estimate of drug-likeness (QED) is 0.563. The lowest BCUT2D eigenvalue weighted by Crippen LogP contribution is -1.89. The Morgan fingerprint density at radius 2 is 2.12 bits per heavy atom. The number of H-pyrrole nitrogens is 1. The van der Waals surface area contributed by atoms with E-state index < -0.39 is 0 Å². The van der Waals surface area contributed by atoms with Crippen LogP contribution in [0.15, 0.2) is 34.8 Å². The van der Waals surface area contributed by atoms with Gasteiger partial charge in [0.2, 0.25) is 5.28 Å². The minimum absolute atomic E-state index is 0.174. The Hall–Kier alpha value is -1.73. The standard InChI is InChI=1S/C9H5ClN6S/c10-9-14-7-5(3-13-16-7)8(15-9)17-6-4-11-1-2-12-6/h1-4H,(H,13,14,15,16). The van der Waals surface area contributed by atoms with Crippen LogP contribution in [0.2, 0.25) is 5.28 Å². The number of nitrogens with one attached hydrogen (secondary N) is 1. The fourth-order valence-corrected chi connectivity index (χ4v) is 2.33. The van der Waals surface area contributed by atoms with Crippen LogP contribution in [0.25, 0.3) is 11.0 Å². The van der Waals surface area contributed by atoms with Crippen LogP contribution in [0.3, 0.4) is 0 Å². The molecule has 84 valence electrons. The summed E-state index contributed by atoms with van der Waals surface area (Å²) >= 11 is 7.19. The lowest BCUT2D eigenvalue weighted by atomic mass is 10.4. The molecule has 0 saturated heterocycles. The molecule has 0 aliphatic carbocycles. The van der Waals surface area contributed by atoms with Crippen molar-refractivity contribution in [2.24, 2.45) is 0 Å². The van der Waals surface area contributed by atoms with Crippen LogP contribution in [0.4, 0.5) is 0 Å². The van der Waals surface area contributed by atoms with Gasteiger partial charge >= 0.3 is 0 Å². The molecule has 3 heterocycles. The summed E-state index contributed by atoms with van der Waals surface area (Å²) in [5.74, 6) is 0. The van der Waals surface area contributed by atoms with Gasteiger partial charge in [-0.25, -0.2) is 9.97 Å². The molecule has 3 aromatic rings. The SMILES string of the molecule is Clc1nc(Sc2cnccn2)c2cn[nH]c2n1. The normalized spacial score (nSPS) is 10.9. The number of aromatic nitrogens is 6. The molecule has 3 aromatic heterocycles. The van der Waals surface area contributed by atoms with Crippen molar-refractivity contribution in [1.82, 2.24) is 30.1 Å². The summed E-state index contributed by atoms with van der Waals surface area (Å²) in [6.45, 7) is 0. The summed E-state index contributed by atoms with van der Waals surface area (Å²) in [7, 11) is 0. The minimum Gasteiger partial charge on any atom is -0.261 e. The third-order valence-electron chi connectivity index (χ3n) is 1.99. The zero-order valence-corrected chi connectivity index (χ0v) is 9.90. The van der Waals surface area contributed by atoms with Gasteiger partial charge in [-0.15, -0.1) is 0 Å². The Morgan fingerprint density at radius 3 is 2.94 bits per heavy atom. The average Bonchev–Trinajstić information content (AvgIpc) is 2.78. The first kappa shape index (κ1) is 10.4. The zero-order valence-electron chi connectivity index (χ0n) is 8.33. The minimum atomic E-state index is 0.174. The first-order valence-electron chi connectivity index (χ1n) is 4.63. The summed E-state index contributed by atoms with van der Waals surface area (Å²) < 4.78 is 0. The van der Waals surface area contributed by atoms with Crippen molar-refractivity contribution in [2.45, 2.75) is 10.1 Å². The Bertz CT molecular complexity index is 655. The molecule has 0 aliphatic heterocycles. The fourth-order valence-electron chi connectivity index (χ4n) is 1.30. The maximum atomic E-state index is 5.83. The van der Waals surface area contributed by atoms with E-state index in [4.69, 9.17) is 11.6 Å². The van der Waals surface area contributed by atoms with Gasteiger partial charge in [0, 0.05) is 12.4 Å². The van der Waals surface area contributed by atoms with Crippen molar-refractivity contribution < 1.29 is 0 Å². The number of rotatable bonds is 2. The molecule has 6 nitrogen and oxygen atoms in total. The molecule has 0 spiro atoms. The summed E-state index contributed by atoms with van der Waals surface area (Å²) in [5.41, 5.74) is 0.608. The highest BCUT2D eigenvalue weighted by atomic mass is 35.5. The van der Waals surface area contributed by atoms with E-state index in [1.165, 1.54) is 11.8 Å². The second kappa shape index (κ2) is 4.27. The van der Waals surface area contributed by atoms with Crippen LogP contribution < -0.4 is 0 Å². The van der Waals surface area contributed by atoms with Gasteiger partial charge in [-0.3, -0.25) is 10.1 Å². The Kier molecular flexibility index (Phi) is 2.62. The predicted octanol–water partition coefficient (Wildman–Crippen LogP) is 1.95. The Labute approximate surface area is 105 Å². The van der Waals surface area contributed by atoms with Crippen LogP contribution >= 0.6 is 23.4 Å². The van der Waals surface area contributed by atoms with E-state index in [1.54, 1.807) is 24.8 Å². The molecule has 3 rings (SSSR count). The highest BCUT2D eigenvalue weighted by Gasteiger charge is 2.10. The number of nitrogens with zero attached hydrogens (tertiary/aromatic N) is 5. The highest BCUT2D eigenvalue weighted by Crippen LogP contribution is 2.29. The fraction of sp³-hybridized carbons (Fsp3) is 0. The molecule has 0 amide bonds. The van der Waals surface area contributed by atoms with E-state index in [1.807, 2.05) is 0 Å². The lowest BCUT2D eigenvalue weighted by molar-refractivity contribution is 1.04. The van der Waals surface area contributed by atoms with Crippen molar-refractivity contribution >= 4 is 34.4 Å². The van der Waals surface area contributed by atoms with Gasteiger partial charge in [0.1, 0.15) is 10.1 Å². The molecular weight excluding hydrogens is 260 g/mol. The molecule has 0 unspecified atom stereocenters. The molecule has 8 heteroatoms. The van der Waals surface area contributed by atoms with Gasteiger partial charge in [0.15, 0.2) is 5.65 Å². The molecule has 0 radical (unpaired) electrons. The van der Waals surface area contributed by atoms with Gasteiger partial charge in [-0.1, -0.05) is 0 Å². The maximum Gasteiger partial charge on any atom is 0.225 e. The lowest BCUT2D eigenvalue weighted by Gasteiger charge is -2.00. The second-order valence-corrected chi connectivity index (χ2v) is 4.42. The first-order chi connectivity index (χ1) is 8.33. The molecule has 0 aromatic carbocycles. The van der Waals surface area contributed by atoms with Gasteiger partial charge in [-0.2, -0.15) is 10.1 Å². The second-order valence-electron chi connectivity index (χ2n) is 3.08. The average molecular weight is 265 g/mol.